The van der Waals surface area contributed by atoms with E-state index in [9.17, 15) is 9.59 Å². The molecule has 1 aliphatic rings. The Labute approximate surface area is 164 Å². The fraction of sp³-hybridized carbons (Fsp3) is 0.333. The average Bonchev–Trinajstić information content (AvgIpc) is 2.72. The molecule has 1 saturated heterocycles. The molecule has 2 aromatic carbocycles. The van der Waals surface area contributed by atoms with E-state index in [0.29, 0.717) is 24.4 Å². The fourth-order valence-electron chi connectivity index (χ4n) is 3.22. The molecule has 7 nitrogen and oxygen atoms in total. The van der Waals surface area contributed by atoms with Crippen molar-refractivity contribution in [1.29, 1.82) is 0 Å². The van der Waals surface area contributed by atoms with Crippen LogP contribution in [0.25, 0.3) is 0 Å². The highest BCUT2D eigenvalue weighted by molar-refractivity contribution is 5.98. The first-order chi connectivity index (χ1) is 13.6. The van der Waals surface area contributed by atoms with Crippen LogP contribution in [0.1, 0.15) is 29.6 Å². The number of carbonyl (C=O) groups excluding carboxylic acids is 2. The smallest absolute Gasteiger partial charge is 0.319 e. The Morgan fingerprint density at radius 2 is 1.79 bits per heavy atom. The lowest BCUT2D eigenvalue weighted by Gasteiger charge is -2.30. The second kappa shape index (κ2) is 9.64. The van der Waals surface area contributed by atoms with Gasteiger partial charge in [0.2, 0.25) is 5.91 Å². The molecule has 1 aliphatic heterocycles. The number of rotatable bonds is 7. The van der Waals surface area contributed by atoms with Gasteiger partial charge in [-0.1, -0.05) is 18.2 Å². The summed E-state index contributed by atoms with van der Waals surface area (Å²) in [5.41, 5.74) is 7.25. The Morgan fingerprint density at radius 1 is 1.04 bits per heavy atom. The van der Waals surface area contributed by atoms with E-state index in [1.807, 2.05) is 36.4 Å². The summed E-state index contributed by atoms with van der Waals surface area (Å²) in [5, 5.41) is 5.62. The third kappa shape index (κ3) is 5.39. The zero-order valence-electron chi connectivity index (χ0n) is 15.8. The predicted molar refractivity (Wildman–Crippen MR) is 110 cm³/mol. The predicted octanol–water partition coefficient (Wildman–Crippen LogP) is 2.98. The first-order valence-corrected chi connectivity index (χ1v) is 9.55. The molecular formula is C21H26N4O3. The highest BCUT2D eigenvalue weighted by Gasteiger charge is 2.17. The van der Waals surface area contributed by atoms with Crippen LogP contribution in [0.3, 0.4) is 0 Å². The van der Waals surface area contributed by atoms with Gasteiger partial charge in [-0.05, 0) is 49.6 Å². The van der Waals surface area contributed by atoms with Gasteiger partial charge in [0.1, 0.15) is 12.4 Å². The summed E-state index contributed by atoms with van der Waals surface area (Å²) in [6.07, 6.45) is 3.43. The summed E-state index contributed by atoms with van der Waals surface area (Å²) in [7, 11) is 0. The Balaban J connectivity index is 1.59. The third-order valence-corrected chi connectivity index (χ3v) is 4.63. The molecule has 3 amide bonds. The topological polar surface area (TPSA) is 96.7 Å². The highest BCUT2D eigenvalue weighted by atomic mass is 16.5. The minimum atomic E-state index is -0.523. The Kier molecular flexibility index (Phi) is 6.73. The van der Waals surface area contributed by atoms with Gasteiger partial charge in [0.15, 0.2) is 0 Å². The molecule has 28 heavy (non-hydrogen) atoms. The Bertz CT molecular complexity index is 805. The Hall–Kier alpha value is -3.22. The number of hydrogen-bond acceptors (Lipinski definition) is 4. The number of nitrogens with zero attached hydrogens (tertiary/aromatic N) is 1. The van der Waals surface area contributed by atoms with Crippen molar-refractivity contribution in [2.45, 2.75) is 19.3 Å². The molecule has 1 fully saturated rings. The molecule has 4 N–H and O–H groups in total. The van der Waals surface area contributed by atoms with Crippen molar-refractivity contribution in [2.75, 3.05) is 36.5 Å². The summed E-state index contributed by atoms with van der Waals surface area (Å²) in [5.74, 6) is 0.233. The van der Waals surface area contributed by atoms with Crippen LogP contribution in [0.4, 0.5) is 16.2 Å². The minimum Gasteiger partial charge on any atom is -0.492 e. The second-order valence-electron chi connectivity index (χ2n) is 6.69. The molecule has 0 saturated carbocycles. The molecule has 0 bridgehead atoms. The average molecular weight is 382 g/mol. The quantitative estimate of drug-likeness (QED) is 0.642. The lowest BCUT2D eigenvalue weighted by molar-refractivity contribution is 0.100. The molecule has 0 aliphatic carbocycles. The molecule has 148 valence electrons. The number of primary amides is 1. The third-order valence-electron chi connectivity index (χ3n) is 4.63. The van der Waals surface area contributed by atoms with Crippen molar-refractivity contribution in [3.8, 4) is 5.75 Å². The van der Waals surface area contributed by atoms with E-state index in [0.717, 1.165) is 37.4 Å². The van der Waals surface area contributed by atoms with Gasteiger partial charge in [0.05, 0.1) is 17.9 Å². The largest absolute Gasteiger partial charge is 0.492 e. The summed E-state index contributed by atoms with van der Waals surface area (Å²) in [6, 6.07) is 14.2. The van der Waals surface area contributed by atoms with Crippen LogP contribution < -0.4 is 26.0 Å². The Morgan fingerprint density at radius 3 is 2.50 bits per heavy atom. The van der Waals surface area contributed by atoms with Gasteiger partial charge in [-0.25, -0.2) is 4.79 Å². The summed E-state index contributed by atoms with van der Waals surface area (Å²) < 4.78 is 5.56. The number of urea groups is 1. The number of anilines is 2. The molecule has 1 heterocycles. The van der Waals surface area contributed by atoms with Crippen LogP contribution in [0.15, 0.2) is 48.5 Å². The van der Waals surface area contributed by atoms with E-state index < -0.39 is 5.91 Å². The molecular weight excluding hydrogens is 356 g/mol. The standard InChI is InChI=1S/C21H26N4O3/c22-20(26)16-9-10-19(25-12-5-2-6-13-25)18(15-16)24-21(27)23-11-14-28-17-7-3-1-4-8-17/h1,3-4,7-10,15H,2,5-6,11-14H2,(H2,22,26)(H2,23,24,27). The minimum absolute atomic E-state index is 0.350. The van der Waals surface area contributed by atoms with Crippen molar-refractivity contribution in [3.05, 3.63) is 54.1 Å². The summed E-state index contributed by atoms with van der Waals surface area (Å²) in [4.78, 5) is 26.1. The van der Waals surface area contributed by atoms with E-state index >= 15 is 0 Å². The SMILES string of the molecule is NC(=O)c1ccc(N2CCCCC2)c(NC(=O)NCCOc2ccccc2)c1. The first kappa shape index (κ1) is 19.5. The van der Waals surface area contributed by atoms with Crippen molar-refractivity contribution in [2.24, 2.45) is 5.73 Å². The van der Waals surface area contributed by atoms with Crippen molar-refractivity contribution in [3.63, 3.8) is 0 Å². The number of para-hydroxylation sites is 1. The van der Waals surface area contributed by atoms with Gasteiger partial charge < -0.3 is 26.0 Å². The number of ether oxygens (including phenoxy) is 1. The fourth-order valence-corrected chi connectivity index (χ4v) is 3.22. The van der Waals surface area contributed by atoms with Gasteiger partial charge >= 0.3 is 6.03 Å². The van der Waals surface area contributed by atoms with Crippen LogP contribution in [0.2, 0.25) is 0 Å². The molecule has 0 atom stereocenters. The summed E-state index contributed by atoms with van der Waals surface area (Å²) in [6.45, 7) is 2.57. The van der Waals surface area contributed by atoms with E-state index in [4.69, 9.17) is 10.5 Å². The van der Waals surface area contributed by atoms with E-state index in [2.05, 4.69) is 15.5 Å². The van der Waals surface area contributed by atoms with Crippen LogP contribution >= 0.6 is 0 Å². The van der Waals surface area contributed by atoms with E-state index in [1.165, 1.54) is 6.42 Å². The van der Waals surface area contributed by atoms with Crippen LogP contribution in [-0.2, 0) is 0 Å². The number of hydrogen-bond donors (Lipinski definition) is 3. The van der Waals surface area contributed by atoms with Gasteiger partial charge in [-0.2, -0.15) is 0 Å². The van der Waals surface area contributed by atoms with E-state index in [1.54, 1.807) is 12.1 Å². The molecule has 0 spiro atoms. The van der Waals surface area contributed by atoms with Crippen LogP contribution in [0, 0.1) is 0 Å². The molecule has 0 unspecified atom stereocenters. The normalized spacial score (nSPS) is 13.6. The van der Waals surface area contributed by atoms with Crippen LogP contribution in [0.5, 0.6) is 5.75 Å². The highest BCUT2D eigenvalue weighted by Crippen LogP contribution is 2.29. The monoisotopic (exact) mass is 382 g/mol. The maximum absolute atomic E-state index is 12.3. The van der Waals surface area contributed by atoms with Gasteiger partial charge in [-0.3, -0.25) is 4.79 Å². The lowest BCUT2D eigenvalue weighted by atomic mass is 10.1. The van der Waals surface area contributed by atoms with Crippen molar-refractivity contribution in [1.82, 2.24) is 5.32 Å². The number of piperidine rings is 1. The van der Waals surface area contributed by atoms with Crippen molar-refractivity contribution < 1.29 is 14.3 Å². The molecule has 3 rings (SSSR count). The van der Waals surface area contributed by atoms with Gasteiger partial charge in [0, 0.05) is 18.7 Å². The molecule has 0 aromatic heterocycles. The number of benzene rings is 2. The lowest BCUT2D eigenvalue weighted by Crippen LogP contribution is -2.34. The number of amides is 3. The zero-order chi connectivity index (χ0) is 19.8. The number of nitrogens with two attached hydrogens (primary N) is 1. The zero-order valence-corrected chi connectivity index (χ0v) is 15.8. The van der Waals surface area contributed by atoms with Gasteiger partial charge in [0.25, 0.3) is 0 Å². The molecule has 0 radical (unpaired) electrons. The van der Waals surface area contributed by atoms with Crippen molar-refractivity contribution >= 4 is 23.3 Å². The first-order valence-electron chi connectivity index (χ1n) is 9.55. The second-order valence-corrected chi connectivity index (χ2v) is 6.69. The maximum atomic E-state index is 12.3. The number of carbonyl (C=O) groups is 2. The van der Waals surface area contributed by atoms with E-state index in [-0.39, 0.29) is 6.03 Å². The maximum Gasteiger partial charge on any atom is 0.319 e. The van der Waals surface area contributed by atoms with Crippen LogP contribution in [-0.4, -0.2) is 38.2 Å². The summed E-state index contributed by atoms with van der Waals surface area (Å²) >= 11 is 0. The molecule has 7 heteroatoms. The molecule has 2 aromatic rings. The van der Waals surface area contributed by atoms with Gasteiger partial charge in [-0.15, -0.1) is 0 Å². The number of nitrogens with one attached hydrogen (secondary N) is 2.